The van der Waals surface area contributed by atoms with E-state index in [9.17, 15) is 0 Å². The van der Waals surface area contributed by atoms with Crippen molar-refractivity contribution >= 4 is 0 Å². The summed E-state index contributed by atoms with van der Waals surface area (Å²) in [5.41, 5.74) is 0. The molecule has 2 aliphatic rings. The molecule has 2 fully saturated rings. The van der Waals surface area contributed by atoms with E-state index in [1.165, 1.54) is 45.3 Å². The SMILES string of the molecule is C(=C/CN1CCNCC1)/CC1CCCCN1. The lowest BCUT2D eigenvalue weighted by Crippen LogP contribution is -2.43. The summed E-state index contributed by atoms with van der Waals surface area (Å²) >= 11 is 0. The van der Waals surface area contributed by atoms with Gasteiger partial charge in [0.15, 0.2) is 0 Å². The predicted molar refractivity (Wildman–Crippen MR) is 68.7 cm³/mol. The minimum atomic E-state index is 0.744. The Balaban J connectivity index is 1.57. The molecule has 2 rings (SSSR count). The summed E-state index contributed by atoms with van der Waals surface area (Å²) < 4.78 is 0. The molecule has 1 atom stereocenters. The standard InChI is InChI=1S/C13H25N3/c1-3-7-15-13(5-1)6-2-4-10-16-11-8-14-9-12-16/h2,4,13-15H,1,3,5-12H2/b4-2-. The molecule has 0 aromatic heterocycles. The Morgan fingerprint density at radius 2 is 1.94 bits per heavy atom. The maximum atomic E-state index is 3.58. The fourth-order valence-corrected chi connectivity index (χ4v) is 2.50. The van der Waals surface area contributed by atoms with Crippen molar-refractivity contribution in [3.63, 3.8) is 0 Å². The van der Waals surface area contributed by atoms with Gasteiger partial charge < -0.3 is 10.6 Å². The minimum Gasteiger partial charge on any atom is -0.314 e. The van der Waals surface area contributed by atoms with Crippen LogP contribution in [0.2, 0.25) is 0 Å². The van der Waals surface area contributed by atoms with Gasteiger partial charge in [-0.15, -0.1) is 0 Å². The first kappa shape index (κ1) is 12.1. The molecular formula is C13H25N3. The lowest BCUT2D eigenvalue weighted by molar-refractivity contribution is 0.264. The van der Waals surface area contributed by atoms with Crippen LogP contribution in [0.15, 0.2) is 12.2 Å². The third kappa shape index (κ3) is 4.24. The van der Waals surface area contributed by atoms with Gasteiger partial charge in [-0.3, -0.25) is 4.90 Å². The van der Waals surface area contributed by atoms with E-state index in [1.807, 2.05) is 0 Å². The van der Waals surface area contributed by atoms with Crippen molar-refractivity contribution in [2.75, 3.05) is 39.3 Å². The molecular weight excluding hydrogens is 198 g/mol. The third-order valence-electron chi connectivity index (χ3n) is 3.57. The van der Waals surface area contributed by atoms with E-state index < -0.39 is 0 Å². The Morgan fingerprint density at radius 1 is 1.06 bits per heavy atom. The summed E-state index contributed by atoms with van der Waals surface area (Å²) in [6, 6.07) is 0.744. The van der Waals surface area contributed by atoms with Crippen LogP contribution in [0, 0.1) is 0 Å². The summed E-state index contributed by atoms with van der Waals surface area (Å²) in [6.45, 7) is 7.05. The van der Waals surface area contributed by atoms with Gasteiger partial charge >= 0.3 is 0 Å². The van der Waals surface area contributed by atoms with Crippen LogP contribution in [0.3, 0.4) is 0 Å². The Morgan fingerprint density at radius 3 is 2.69 bits per heavy atom. The van der Waals surface area contributed by atoms with Crippen LogP contribution in [-0.2, 0) is 0 Å². The molecule has 1 unspecified atom stereocenters. The fourth-order valence-electron chi connectivity index (χ4n) is 2.50. The largest absolute Gasteiger partial charge is 0.314 e. The fraction of sp³-hybridized carbons (Fsp3) is 0.846. The first-order valence-corrected chi connectivity index (χ1v) is 6.76. The number of nitrogens with zero attached hydrogens (tertiary/aromatic N) is 1. The molecule has 0 radical (unpaired) electrons. The zero-order chi connectivity index (χ0) is 11.1. The monoisotopic (exact) mass is 223 g/mol. The maximum Gasteiger partial charge on any atom is 0.0164 e. The second kappa shape index (κ2) is 7.05. The van der Waals surface area contributed by atoms with Crippen LogP contribution >= 0.6 is 0 Å². The maximum absolute atomic E-state index is 3.58. The van der Waals surface area contributed by atoms with Crippen LogP contribution in [0.4, 0.5) is 0 Å². The van der Waals surface area contributed by atoms with Crippen LogP contribution in [-0.4, -0.2) is 50.2 Å². The van der Waals surface area contributed by atoms with Crippen LogP contribution in [0.25, 0.3) is 0 Å². The van der Waals surface area contributed by atoms with E-state index in [4.69, 9.17) is 0 Å². The lowest BCUT2D eigenvalue weighted by Gasteiger charge is -2.26. The van der Waals surface area contributed by atoms with Crippen molar-refractivity contribution < 1.29 is 0 Å². The van der Waals surface area contributed by atoms with E-state index in [1.54, 1.807) is 0 Å². The smallest absolute Gasteiger partial charge is 0.0164 e. The highest BCUT2D eigenvalue weighted by Gasteiger charge is 2.10. The van der Waals surface area contributed by atoms with Crippen molar-refractivity contribution in [3.05, 3.63) is 12.2 Å². The highest BCUT2D eigenvalue weighted by molar-refractivity contribution is 4.90. The molecule has 2 heterocycles. The first-order valence-electron chi connectivity index (χ1n) is 6.76. The van der Waals surface area contributed by atoms with Crippen molar-refractivity contribution in [1.29, 1.82) is 0 Å². The minimum absolute atomic E-state index is 0.744. The van der Waals surface area contributed by atoms with E-state index in [0.29, 0.717) is 0 Å². The van der Waals surface area contributed by atoms with Gasteiger partial charge in [0.05, 0.1) is 0 Å². The summed E-state index contributed by atoms with van der Waals surface area (Å²) in [5.74, 6) is 0. The topological polar surface area (TPSA) is 27.3 Å². The van der Waals surface area contributed by atoms with Crippen LogP contribution < -0.4 is 10.6 Å². The Labute approximate surface area is 99.3 Å². The molecule has 0 bridgehead atoms. The Kier molecular flexibility index (Phi) is 5.32. The van der Waals surface area contributed by atoms with Gasteiger partial charge in [0.2, 0.25) is 0 Å². The van der Waals surface area contributed by atoms with Gasteiger partial charge in [0.25, 0.3) is 0 Å². The second-order valence-electron chi connectivity index (χ2n) is 4.90. The van der Waals surface area contributed by atoms with E-state index >= 15 is 0 Å². The molecule has 3 nitrogen and oxygen atoms in total. The van der Waals surface area contributed by atoms with E-state index in [2.05, 4.69) is 27.7 Å². The van der Waals surface area contributed by atoms with Gasteiger partial charge in [-0.2, -0.15) is 0 Å². The molecule has 3 heteroatoms. The average molecular weight is 223 g/mol. The number of piperidine rings is 1. The molecule has 2 saturated heterocycles. The van der Waals surface area contributed by atoms with E-state index in [-0.39, 0.29) is 0 Å². The van der Waals surface area contributed by atoms with Crippen molar-refractivity contribution in [1.82, 2.24) is 15.5 Å². The molecule has 0 saturated carbocycles. The molecule has 2 N–H and O–H groups in total. The number of nitrogens with one attached hydrogen (secondary N) is 2. The molecule has 0 amide bonds. The molecule has 0 aliphatic carbocycles. The third-order valence-corrected chi connectivity index (χ3v) is 3.57. The van der Waals surface area contributed by atoms with Gasteiger partial charge in [-0.1, -0.05) is 18.6 Å². The van der Waals surface area contributed by atoms with Crippen LogP contribution in [0.5, 0.6) is 0 Å². The van der Waals surface area contributed by atoms with Crippen molar-refractivity contribution in [2.45, 2.75) is 31.7 Å². The highest BCUT2D eigenvalue weighted by Crippen LogP contribution is 2.10. The zero-order valence-electron chi connectivity index (χ0n) is 10.3. The predicted octanol–water partition coefficient (Wildman–Crippen LogP) is 0.980. The number of hydrogen-bond donors (Lipinski definition) is 2. The average Bonchev–Trinajstić information content (AvgIpc) is 2.37. The van der Waals surface area contributed by atoms with Crippen molar-refractivity contribution in [3.8, 4) is 0 Å². The molecule has 0 spiro atoms. The van der Waals surface area contributed by atoms with Gasteiger partial charge in [0.1, 0.15) is 0 Å². The normalized spacial score (nSPS) is 28.6. The molecule has 0 aromatic carbocycles. The van der Waals surface area contributed by atoms with E-state index in [0.717, 1.165) is 25.7 Å². The second-order valence-corrected chi connectivity index (χ2v) is 4.90. The summed E-state index contributed by atoms with van der Waals surface area (Å²) in [7, 11) is 0. The molecule has 16 heavy (non-hydrogen) atoms. The zero-order valence-corrected chi connectivity index (χ0v) is 10.3. The highest BCUT2D eigenvalue weighted by atomic mass is 15.2. The van der Waals surface area contributed by atoms with Gasteiger partial charge in [0, 0.05) is 38.8 Å². The number of rotatable bonds is 4. The Hall–Kier alpha value is -0.380. The first-order chi connectivity index (χ1) is 7.95. The molecule has 2 aliphatic heterocycles. The summed E-state index contributed by atoms with van der Waals surface area (Å²) in [6.07, 6.45) is 10.1. The Bertz CT molecular complexity index is 181. The summed E-state index contributed by atoms with van der Waals surface area (Å²) in [5, 5.41) is 6.96. The van der Waals surface area contributed by atoms with Gasteiger partial charge in [-0.05, 0) is 25.8 Å². The number of piperazine rings is 1. The van der Waals surface area contributed by atoms with Crippen molar-refractivity contribution in [2.24, 2.45) is 0 Å². The molecule has 0 aromatic rings. The quantitative estimate of drug-likeness (QED) is 0.696. The van der Waals surface area contributed by atoms with Crippen LogP contribution in [0.1, 0.15) is 25.7 Å². The number of hydrogen-bond acceptors (Lipinski definition) is 3. The summed E-state index contributed by atoms with van der Waals surface area (Å²) in [4.78, 5) is 2.52. The molecule has 92 valence electrons. The lowest BCUT2D eigenvalue weighted by atomic mass is 10.0. The van der Waals surface area contributed by atoms with Gasteiger partial charge in [-0.25, -0.2) is 0 Å².